The van der Waals surface area contributed by atoms with Crippen LogP contribution in [0.1, 0.15) is 49.5 Å². The van der Waals surface area contributed by atoms with Gasteiger partial charge in [-0.1, -0.05) is 32.9 Å². The summed E-state index contributed by atoms with van der Waals surface area (Å²) in [5.74, 6) is 0.100. The molecule has 0 saturated heterocycles. The van der Waals surface area contributed by atoms with Crippen molar-refractivity contribution in [2.24, 2.45) is 17.1 Å². The first kappa shape index (κ1) is 19.0. The van der Waals surface area contributed by atoms with Gasteiger partial charge in [-0.2, -0.15) is 10.4 Å². The molecule has 1 saturated carbocycles. The van der Waals surface area contributed by atoms with Crippen LogP contribution in [0.4, 0.5) is 5.69 Å². The van der Waals surface area contributed by atoms with Crippen molar-refractivity contribution >= 4 is 17.1 Å². The van der Waals surface area contributed by atoms with Gasteiger partial charge >= 0.3 is 0 Å². The maximum atomic E-state index is 12.1. The Hall–Kier alpha value is -3.33. The van der Waals surface area contributed by atoms with Gasteiger partial charge in [0.15, 0.2) is 0 Å². The van der Waals surface area contributed by atoms with Gasteiger partial charge in [0.1, 0.15) is 0 Å². The van der Waals surface area contributed by atoms with Crippen molar-refractivity contribution in [3.63, 3.8) is 0 Å². The Labute approximate surface area is 170 Å². The third-order valence-electron chi connectivity index (χ3n) is 6.63. The van der Waals surface area contributed by atoms with Gasteiger partial charge < -0.3 is 11.1 Å². The van der Waals surface area contributed by atoms with Gasteiger partial charge in [-0.05, 0) is 47.9 Å². The maximum absolute atomic E-state index is 12.1. The molecule has 6 nitrogen and oxygen atoms in total. The minimum absolute atomic E-state index is 0.109. The highest BCUT2D eigenvalue weighted by atomic mass is 16.1. The van der Waals surface area contributed by atoms with E-state index in [1.54, 1.807) is 16.6 Å². The summed E-state index contributed by atoms with van der Waals surface area (Å²) < 4.78 is 1.77. The number of hydrogen-bond acceptors (Lipinski definition) is 4. The monoisotopic (exact) mass is 387 g/mol. The zero-order valence-electron chi connectivity index (χ0n) is 16.9. The van der Waals surface area contributed by atoms with Gasteiger partial charge in [-0.3, -0.25) is 4.79 Å². The summed E-state index contributed by atoms with van der Waals surface area (Å²) in [4.78, 5) is 12.1. The van der Waals surface area contributed by atoms with Crippen LogP contribution >= 0.6 is 0 Å². The summed E-state index contributed by atoms with van der Waals surface area (Å²) in [6.07, 6.45) is 5.65. The van der Waals surface area contributed by atoms with E-state index in [9.17, 15) is 4.79 Å². The van der Waals surface area contributed by atoms with Crippen molar-refractivity contribution in [3.8, 4) is 17.2 Å². The molecule has 1 aliphatic carbocycles. The zero-order chi connectivity index (χ0) is 20.8. The molecule has 1 fully saturated rings. The van der Waals surface area contributed by atoms with E-state index in [0.717, 1.165) is 35.2 Å². The van der Waals surface area contributed by atoms with Gasteiger partial charge in [0.05, 0.1) is 34.6 Å². The van der Waals surface area contributed by atoms with Gasteiger partial charge in [0.25, 0.3) is 5.91 Å². The van der Waals surface area contributed by atoms with Gasteiger partial charge in [0, 0.05) is 17.8 Å². The molecule has 148 valence electrons. The molecule has 0 bridgehead atoms. The number of nitriles is 1. The second-order valence-electron chi connectivity index (χ2n) is 8.54. The van der Waals surface area contributed by atoms with Crippen LogP contribution in [0.5, 0.6) is 0 Å². The highest BCUT2D eigenvalue weighted by Gasteiger charge is 2.41. The molecular formula is C23H25N5O. The standard InChI is InChI=1S/C23H25N5O/c1-14-4-9-20(23(14,2)3)27-21-18(22(25)29)12-26-28-13-17(10-19(21)28)16-7-5-15(11-24)6-8-16/h5-8,10,12-14,20,27H,4,9H2,1-3H3,(H2,25,29)/t14?,20-/m1/s1. The number of nitrogens with two attached hydrogens (primary N) is 1. The predicted octanol–water partition coefficient (Wildman–Crippen LogP) is 4.21. The van der Waals surface area contributed by atoms with Crippen LogP contribution in [-0.4, -0.2) is 21.6 Å². The Morgan fingerprint density at radius 2 is 2.00 bits per heavy atom. The molecule has 2 aromatic heterocycles. The number of anilines is 1. The summed E-state index contributed by atoms with van der Waals surface area (Å²) in [5, 5.41) is 17.0. The Morgan fingerprint density at radius 3 is 2.59 bits per heavy atom. The lowest BCUT2D eigenvalue weighted by atomic mass is 9.80. The zero-order valence-corrected chi connectivity index (χ0v) is 16.9. The van der Waals surface area contributed by atoms with Crippen LogP contribution < -0.4 is 11.1 Å². The fourth-order valence-corrected chi connectivity index (χ4v) is 4.23. The maximum Gasteiger partial charge on any atom is 0.252 e. The normalized spacial score (nSPS) is 20.5. The molecule has 2 heterocycles. The SMILES string of the molecule is CC1CC[C@@H](Nc2c(C(N)=O)cnn3cc(-c4ccc(C#N)cc4)cc23)C1(C)C. The second-order valence-corrected chi connectivity index (χ2v) is 8.54. The number of rotatable bonds is 4. The molecule has 1 unspecified atom stereocenters. The van der Waals surface area contributed by atoms with Crippen molar-refractivity contribution in [2.75, 3.05) is 5.32 Å². The Bertz CT molecular complexity index is 1120. The van der Waals surface area contributed by atoms with Crippen LogP contribution in [-0.2, 0) is 0 Å². The molecule has 4 rings (SSSR count). The number of primary amides is 1. The van der Waals surface area contributed by atoms with E-state index in [4.69, 9.17) is 11.0 Å². The summed E-state index contributed by atoms with van der Waals surface area (Å²) in [6.45, 7) is 6.81. The molecule has 2 atom stereocenters. The number of amides is 1. The Morgan fingerprint density at radius 1 is 1.28 bits per heavy atom. The van der Waals surface area contributed by atoms with E-state index >= 15 is 0 Å². The third-order valence-corrected chi connectivity index (χ3v) is 6.63. The van der Waals surface area contributed by atoms with Gasteiger partial charge in [-0.15, -0.1) is 0 Å². The number of carbonyl (C=O) groups is 1. The van der Waals surface area contributed by atoms with Crippen molar-refractivity contribution < 1.29 is 4.79 Å². The number of nitrogens with zero attached hydrogens (tertiary/aromatic N) is 3. The van der Waals surface area contributed by atoms with Crippen molar-refractivity contribution in [1.82, 2.24) is 9.61 Å². The molecule has 0 aliphatic heterocycles. The molecule has 1 aromatic carbocycles. The summed E-state index contributed by atoms with van der Waals surface area (Å²) in [6, 6.07) is 11.8. The minimum atomic E-state index is -0.493. The van der Waals surface area contributed by atoms with Crippen LogP contribution in [0.2, 0.25) is 0 Å². The quantitative estimate of drug-likeness (QED) is 0.701. The average Bonchev–Trinajstić information content (AvgIpc) is 3.24. The van der Waals surface area contributed by atoms with Gasteiger partial charge in [-0.25, -0.2) is 4.52 Å². The minimum Gasteiger partial charge on any atom is -0.379 e. The van der Waals surface area contributed by atoms with Crippen LogP contribution in [0.15, 0.2) is 42.7 Å². The number of nitrogens with one attached hydrogen (secondary N) is 1. The number of hydrogen-bond donors (Lipinski definition) is 2. The van der Waals surface area contributed by atoms with E-state index in [-0.39, 0.29) is 11.5 Å². The summed E-state index contributed by atoms with van der Waals surface area (Å²) in [5.41, 5.74) is 10.3. The largest absolute Gasteiger partial charge is 0.379 e. The smallest absolute Gasteiger partial charge is 0.252 e. The van der Waals surface area contributed by atoms with Crippen LogP contribution in [0, 0.1) is 22.7 Å². The first-order chi connectivity index (χ1) is 13.8. The highest BCUT2D eigenvalue weighted by molar-refractivity contribution is 6.02. The van der Waals surface area contributed by atoms with E-state index in [2.05, 4.69) is 37.3 Å². The highest BCUT2D eigenvalue weighted by Crippen LogP contribution is 2.44. The second kappa shape index (κ2) is 6.93. The fraction of sp³-hybridized carbons (Fsp3) is 0.348. The summed E-state index contributed by atoms with van der Waals surface area (Å²) in [7, 11) is 0. The topological polar surface area (TPSA) is 96.2 Å². The number of fused-ring (bicyclic) bond motifs is 1. The van der Waals surface area contributed by atoms with Crippen LogP contribution in [0.25, 0.3) is 16.6 Å². The predicted molar refractivity (Wildman–Crippen MR) is 113 cm³/mol. The van der Waals surface area contributed by atoms with E-state index in [1.165, 1.54) is 6.20 Å². The van der Waals surface area contributed by atoms with Crippen molar-refractivity contribution in [1.29, 1.82) is 5.26 Å². The van der Waals surface area contributed by atoms with E-state index in [0.29, 0.717) is 17.0 Å². The molecule has 1 amide bonds. The Kier molecular flexibility index (Phi) is 4.54. The number of benzene rings is 1. The van der Waals surface area contributed by atoms with Crippen LogP contribution in [0.3, 0.4) is 0 Å². The number of aromatic nitrogens is 2. The lowest BCUT2D eigenvalue weighted by Crippen LogP contribution is -2.35. The lowest BCUT2D eigenvalue weighted by Gasteiger charge is -2.33. The Balaban J connectivity index is 1.80. The van der Waals surface area contributed by atoms with Crippen molar-refractivity contribution in [2.45, 2.75) is 39.7 Å². The first-order valence-electron chi connectivity index (χ1n) is 9.89. The third kappa shape index (κ3) is 3.23. The lowest BCUT2D eigenvalue weighted by molar-refractivity contribution is 0.100. The molecule has 1 aliphatic rings. The fourth-order valence-electron chi connectivity index (χ4n) is 4.23. The molecule has 6 heteroatoms. The molecule has 3 aromatic rings. The van der Waals surface area contributed by atoms with E-state index in [1.807, 2.05) is 24.4 Å². The van der Waals surface area contributed by atoms with Gasteiger partial charge in [0.2, 0.25) is 0 Å². The molecular weight excluding hydrogens is 362 g/mol. The molecule has 3 N–H and O–H groups in total. The summed E-state index contributed by atoms with van der Waals surface area (Å²) >= 11 is 0. The molecule has 29 heavy (non-hydrogen) atoms. The number of carbonyl (C=O) groups excluding carboxylic acids is 1. The molecule has 0 spiro atoms. The first-order valence-corrected chi connectivity index (χ1v) is 9.89. The van der Waals surface area contributed by atoms with E-state index < -0.39 is 5.91 Å². The average molecular weight is 387 g/mol. The molecule has 0 radical (unpaired) electrons. The van der Waals surface area contributed by atoms with Crippen molar-refractivity contribution in [3.05, 3.63) is 53.9 Å².